The van der Waals surface area contributed by atoms with E-state index in [1.165, 1.54) is 12.5 Å². The number of carbonyl (C=O) groups is 1. The van der Waals surface area contributed by atoms with Crippen LogP contribution in [-0.4, -0.2) is 116 Å². The molecule has 5 aliphatic carbocycles. The summed E-state index contributed by atoms with van der Waals surface area (Å²) < 4.78 is 24.3. The highest BCUT2D eigenvalue weighted by Gasteiger charge is 2.70. The quantitative estimate of drug-likeness (QED) is 0.155. The molecule has 2 aliphatic heterocycles. The normalized spacial score (nSPS) is 55.1. The van der Waals surface area contributed by atoms with Crippen molar-refractivity contribution >= 4 is 5.97 Å². The molecule has 0 radical (unpaired) electrons. The van der Waals surface area contributed by atoms with E-state index < -0.39 is 78.2 Å². The smallest absolute Gasteiger partial charge is 0.310 e. The van der Waals surface area contributed by atoms with Gasteiger partial charge in [0.25, 0.3) is 0 Å². The van der Waals surface area contributed by atoms with E-state index in [2.05, 4.69) is 47.6 Å². The van der Waals surface area contributed by atoms with Gasteiger partial charge in [0.1, 0.15) is 36.6 Å². The lowest BCUT2D eigenvalue weighted by Crippen LogP contribution is -2.67. The third-order valence-corrected chi connectivity index (χ3v) is 17.0. The van der Waals surface area contributed by atoms with E-state index >= 15 is 0 Å². The lowest BCUT2D eigenvalue weighted by atomic mass is 9.33. The Bertz CT molecular complexity index is 1440. The second-order valence-electron chi connectivity index (χ2n) is 20.0. The van der Waals surface area contributed by atoms with Crippen LogP contribution in [0.15, 0.2) is 11.6 Å². The summed E-state index contributed by atoms with van der Waals surface area (Å²) in [4.78, 5) is 13.0. The predicted molar refractivity (Wildman–Crippen MR) is 192 cm³/mol. The molecule has 0 spiro atoms. The molecule has 302 valence electrons. The van der Waals surface area contributed by atoms with Crippen LogP contribution in [0.4, 0.5) is 0 Å². The molecule has 2 saturated heterocycles. The molecule has 2 heterocycles. The van der Waals surface area contributed by atoms with Gasteiger partial charge in [-0.05, 0) is 111 Å². The van der Waals surface area contributed by atoms with Crippen LogP contribution in [0, 0.1) is 50.2 Å². The van der Waals surface area contributed by atoms with Crippen LogP contribution in [0.1, 0.15) is 113 Å². The first-order valence-electron chi connectivity index (χ1n) is 20.2. The molecule has 53 heavy (non-hydrogen) atoms. The van der Waals surface area contributed by atoms with Crippen molar-refractivity contribution < 1.29 is 59.5 Å². The average molecular weight is 751 g/mol. The van der Waals surface area contributed by atoms with Gasteiger partial charge in [-0.3, -0.25) is 4.79 Å². The Labute approximate surface area is 314 Å². The van der Waals surface area contributed by atoms with E-state index in [0.717, 1.165) is 51.4 Å². The van der Waals surface area contributed by atoms with Crippen LogP contribution in [-0.2, 0) is 23.7 Å². The number of hydrogen-bond acceptors (Lipinski definition) is 11. The largest absolute Gasteiger partial charge is 0.481 e. The SMILES string of the molecule is C[C@@H]1O[C@@H](O[C@@H]2[C@@H](O[C@H]3CC[C@@]4(C)[C@@H](CC[C@]5(C)[C@@H]4CC=C4[C@@H]6CC(C)(C)CC[C@]6(C(=O)O)CC[C@]45C)[C@]3(C)CO)OC[C@@H](O)[C@H]2O)[C@H](O)[C@H](O)[C@H]1O. The van der Waals surface area contributed by atoms with E-state index in [4.69, 9.17) is 18.9 Å². The van der Waals surface area contributed by atoms with Crippen molar-refractivity contribution in [2.45, 2.75) is 174 Å². The molecule has 12 nitrogen and oxygen atoms in total. The lowest BCUT2D eigenvalue weighted by molar-refractivity contribution is -0.365. The summed E-state index contributed by atoms with van der Waals surface area (Å²) in [6.07, 6.45) is -1.79. The Kier molecular flexibility index (Phi) is 10.2. The molecule has 0 amide bonds. The van der Waals surface area contributed by atoms with Crippen LogP contribution >= 0.6 is 0 Å². The summed E-state index contributed by atoms with van der Waals surface area (Å²) in [7, 11) is 0. The molecule has 4 saturated carbocycles. The first kappa shape index (κ1) is 40.0. The Balaban J connectivity index is 1.15. The minimum absolute atomic E-state index is 0.0360. The number of ether oxygens (including phenoxy) is 4. The minimum atomic E-state index is -1.62. The fraction of sp³-hybridized carbons (Fsp3) is 0.927. The number of aliphatic hydroxyl groups is 6. The second kappa shape index (κ2) is 13.5. The van der Waals surface area contributed by atoms with Crippen molar-refractivity contribution in [2.75, 3.05) is 13.2 Å². The maximum atomic E-state index is 13.0. The highest BCUT2D eigenvalue weighted by atomic mass is 16.8. The monoisotopic (exact) mass is 750 g/mol. The number of carboxylic acids is 1. The molecular weight excluding hydrogens is 684 g/mol. The summed E-state index contributed by atoms with van der Waals surface area (Å²) in [5.74, 6) is -0.194. The number of carboxylic acid groups (broad SMARTS) is 1. The fourth-order valence-corrected chi connectivity index (χ4v) is 13.3. The Morgan fingerprint density at radius 1 is 0.830 bits per heavy atom. The van der Waals surface area contributed by atoms with Gasteiger partial charge in [-0.2, -0.15) is 0 Å². The minimum Gasteiger partial charge on any atom is -0.481 e. The first-order valence-corrected chi connectivity index (χ1v) is 20.2. The molecule has 7 N–H and O–H groups in total. The van der Waals surface area contributed by atoms with Gasteiger partial charge in [0, 0.05) is 5.41 Å². The van der Waals surface area contributed by atoms with Gasteiger partial charge < -0.3 is 54.7 Å². The van der Waals surface area contributed by atoms with Crippen molar-refractivity contribution in [3.8, 4) is 0 Å². The van der Waals surface area contributed by atoms with Crippen LogP contribution in [0.3, 0.4) is 0 Å². The van der Waals surface area contributed by atoms with Crippen molar-refractivity contribution in [3.05, 3.63) is 11.6 Å². The standard InChI is InChI=1S/C41H66O12/c1-21-28(44)30(46)31(47)33(51-21)53-32-29(45)24(43)19-50-34(32)52-27-11-12-37(4)25(38(27,5)20-42)10-13-40(7)26(37)9-8-22-23-18-36(2,3)14-16-41(23,35(48)49)17-15-39(22,40)6/h8,21,23-34,42-47H,9-20H2,1-7H3,(H,48,49)/t21-,23-,24+,25+,26+,27-,28-,29+,30+,31+,32-,33-,34+,37-,38-,39+,40+,41-/m0/s1. The molecule has 0 aromatic rings. The van der Waals surface area contributed by atoms with Gasteiger partial charge in [0.05, 0.1) is 30.8 Å². The number of rotatable bonds is 6. The summed E-state index contributed by atoms with van der Waals surface area (Å²) in [6, 6.07) is 0. The van der Waals surface area contributed by atoms with Gasteiger partial charge in [-0.25, -0.2) is 0 Å². The van der Waals surface area contributed by atoms with Gasteiger partial charge in [0.15, 0.2) is 12.6 Å². The zero-order valence-electron chi connectivity index (χ0n) is 32.7. The Morgan fingerprint density at radius 3 is 2.21 bits per heavy atom. The Morgan fingerprint density at radius 2 is 1.53 bits per heavy atom. The summed E-state index contributed by atoms with van der Waals surface area (Å²) >= 11 is 0. The average Bonchev–Trinajstić information content (AvgIpc) is 3.10. The van der Waals surface area contributed by atoms with Crippen LogP contribution in [0.2, 0.25) is 0 Å². The molecule has 7 aliphatic rings. The summed E-state index contributed by atoms with van der Waals surface area (Å²) in [5, 5.41) is 74.9. The van der Waals surface area contributed by atoms with E-state index in [1.54, 1.807) is 0 Å². The molecule has 18 atom stereocenters. The molecule has 0 aromatic heterocycles. The number of aliphatic hydroxyl groups excluding tert-OH is 6. The Hall–Kier alpha value is -1.19. The second-order valence-corrected chi connectivity index (χ2v) is 20.0. The van der Waals surface area contributed by atoms with E-state index in [0.29, 0.717) is 18.8 Å². The maximum absolute atomic E-state index is 13.0. The predicted octanol–water partition coefficient (Wildman–Crippen LogP) is 3.52. The number of allylic oxidation sites excluding steroid dienone is 2. The van der Waals surface area contributed by atoms with Gasteiger partial charge in [-0.1, -0.05) is 53.2 Å². The summed E-state index contributed by atoms with van der Waals surface area (Å²) in [6.45, 7) is 15.1. The molecule has 12 heteroatoms. The van der Waals surface area contributed by atoms with Gasteiger partial charge in [0.2, 0.25) is 0 Å². The topological polar surface area (TPSA) is 196 Å². The molecular formula is C41H66O12. The van der Waals surface area contributed by atoms with E-state index in [-0.39, 0.29) is 46.7 Å². The third-order valence-electron chi connectivity index (χ3n) is 17.0. The first-order chi connectivity index (χ1) is 24.7. The molecule has 7 rings (SSSR count). The number of fused-ring (bicyclic) bond motifs is 7. The zero-order chi connectivity index (χ0) is 38.7. The van der Waals surface area contributed by atoms with E-state index in [9.17, 15) is 40.5 Å². The van der Waals surface area contributed by atoms with Crippen molar-refractivity contribution in [2.24, 2.45) is 50.2 Å². The number of aliphatic carboxylic acids is 1. The fourth-order valence-electron chi connectivity index (χ4n) is 13.3. The molecule has 6 fully saturated rings. The molecule has 0 bridgehead atoms. The number of hydrogen-bond donors (Lipinski definition) is 7. The summed E-state index contributed by atoms with van der Waals surface area (Å²) in [5.41, 5.74) is -0.239. The highest BCUT2D eigenvalue weighted by Crippen LogP contribution is 2.76. The highest BCUT2D eigenvalue weighted by molar-refractivity contribution is 5.76. The molecule has 0 aromatic carbocycles. The van der Waals surface area contributed by atoms with Gasteiger partial charge >= 0.3 is 5.97 Å². The molecule has 0 unspecified atom stereocenters. The van der Waals surface area contributed by atoms with Crippen molar-refractivity contribution in [1.29, 1.82) is 0 Å². The van der Waals surface area contributed by atoms with Crippen molar-refractivity contribution in [1.82, 2.24) is 0 Å². The van der Waals surface area contributed by atoms with Gasteiger partial charge in [-0.15, -0.1) is 0 Å². The van der Waals surface area contributed by atoms with Crippen LogP contribution < -0.4 is 0 Å². The zero-order valence-corrected chi connectivity index (χ0v) is 32.7. The van der Waals surface area contributed by atoms with Crippen LogP contribution in [0.5, 0.6) is 0 Å². The maximum Gasteiger partial charge on any atom is 0.310 e. The van der Waals surface area contributed by atoms with Crippen molar-refractivity contribution in [3.63, 3.8) is 0 Å². The third kappa shape index (κ3) is 5.85. The van der Waals surface area contributed by atoms with Crippen LogP contribution in [0.25, 0.3) is 0 Å². The lowest BCUT2D eigenvalue weighted by Gasteiger charge is -2.71. The van der Waals surface area contributed by atoms with E-state index in [1.807, 2.05) is 0 Å².